The maximum absolute atomic E-state index is 11.9. The summed E-state index contributed by atoms with van der Waals surface area (Å²) in [6, 6.07) is 12.7. The zero-order valence-electron chi connectivity index (χ0n) is 15.4. The van der Waals surface area contributed by atoms with Gasteiger partial charge in [-0.25, -0.2) is 9.59 Å². The highest BCUT2D eigenvalue weighted by Gasteiger charge is 2.11. The Balaban J connectivity index is 1.73. The molecule has 1 N–H and O–H groups in total. The summed E-state index contributed by atoms with van der Waals surface area (Å²) in [5.41, 5.74) is 0.831. The van der Waals surface area contributed by atoms with Gasteiger partial charge in [0.15, 0.2) is 13.2 Å². The summed E-state index contributed by atoms with van der Waals surface area (Å²) in [7, 11) is 0. The van der Waals surface area contributed by atoms with Crippen molar-refractivity contribution in [1.82, 2.24) is 0 Å². The van der Waals surface area contributed by atoms with Crippen LogP contribution in [0.15, 0.2) is 48.5 Å². The number of rotatable bonds is 8. The fourth-order valence-electron chi connectivity index (χ4n) is 2.03. The van der Waals surface area contributed by atoms with Gasteiger partial charge in [0.25, 0.3) is 5.91 Å². The number of esters is 2. The number of anilines is 1. The minimum Gasteiger partial charge on any atom is -0.482 e. The second kappa shape index (κ2) is 10.3. The number of carbonyl (C=O) groups is 3. The van der Waals surface area contributed by atoms with Crippen LogP contribution < -0.4 is 10.1 Å². The van der Waals surface area contributed by atoms with E-state index in [1.807, 2.05) is 0 Å². The Kier molecular flexibility index (Phi) is 7.83. The van der Waals surface area contributed by atoms with Crippen molar-refractivity contribution in [3.05, 3.63) is 59.1 Å². The highest BCUT2D eigenvalue weighted by molar-refractivity contribution is 6.30. The van der Waals surface area contributed by atoms with E-state index < -0.39 is 24.5 Å². The van der Waals surface area contributed by atoms with Crippen LogP contribution >= 0.6 is 11.6 Å². The Hall–Kier alpha value is -3.06. The summed E-state index contributed by atoms with van der Waals surface area (Å²) in [5, 5.41) is 3.11. The predicted molar refractivity (Wildman–Crippen MR) is 104 cm³/mol. The first-order chi connectivity index (χ1) is 13.3. The van der Waals surface area contributed by atoms with Gasteiger partial charge in [0.2, 0.25) is 0 Å². The molecule has 2 aromatic carbocycles. The van der Waals surface area contributed by atoms with Crippen LogP contribution in [0.25, 0.3) is 0 Å². The van der Waals surface area contributed by atoms with Crippen LogP contribution in [0, 0.1) is 0 Å². The first-order valence-electron chi connectivity index (χ1n) is 8.48. The minimum absolute atomic E-state index is 0.217. The average Bonchev–Trinajstić information content (AvgIpc) is 2.66. The van der Waals surface area contributed by atoms with Crippen LogP contribution in [0.3, 0.4) is 0 Å². The summed E-state index contributed by atoms with van der Waals surface area (Å²) in [4.78, 5) is 35.3. The van der Waals surface area contributed by atoms with Crippen molar-refractivity contribution in [2.75, 3.05) is 18.5 Å². The average molecular weight is 406 g/mol. The van der Waals surface area contributed by atoms with Crippen LogP contribution in [0.5, 0.6) is 5.75 Å². The van der Waals surface area contributed by atoms with E-state index in [1.54, 1.807) is 50.2 Å². The molecule has 0 atom stereocenters. The van der Waals surface area contributed by atoms with Gasteiger partial charge >= 0.3 is 11.9 Å². The lowest BCUT2D eigenvalue weighted by Crippen LogP contribution is -2.23. The van der Waals surface area contributed by atoms with Crippen molar-refractivity contribution in [3.63, 3.8) is 0 Å². The summed E-state index contributed by atoms with van der Waals surface area (Å²) >= 11 is 5.75. The van der Waals surface area contributed by atoms with Crippen molar-refractivity contribution in [2.45, 2.75) is 20.0 Å². The fraction of sp³-hybridized carbons (Fsp3) is 0.250. The molecule has 0 saturated heterocycles. The number of hydrogen-bond acceptors (Lipinski definition) is 6. The Bertz CT molecular complexity index is 818. The lowest BCUT2D eigenvalue weighted by molar-refractivity contribution is -0.149. The molecule has 2 aromatic rings. The van der Waals surface area contributed by atoms with Gasteiger partial charge in [-0.3, -0.25) is 4.79 Å². The number of halogens is 1. The topological polar surface area (TPSA) is 90.9 Å². The molecule has 0 aliphatic heterocycles. The van der Waals surface area contributed by atoms with Crippen LogP contribution in [0.2, 0.25) is 5.02 Å². The molecule has 0 aromatic heterocycles. The molecule has 7 nitrogen and oxygen atoms in total. The molecule has 8 heteroatoms. The second-order valence-electron chi connectivity index (χ2n) is 5.98. The molecule has 0 heterocycles. The highest BCUT2D eigenvalue weighted by atomic mass is 35.5. The predicted octanol–water partition coefficient (Wildman–Crippen LogP) is 3.47. The maximum Gasteiger partial charge on any atom is 0.344 e. The number of hydrogen-bond donors (Lipinski definition) is 1. The van der Waals surface area contributed by atoms with Crippen molar-refractivity contribution < 1.29 is 28.6 Å². The number of carbonyl (C=O) groups excluding carboxylic acids is 3. The summed E-state index contributed by atoms with van der Waals surface area (Å²) in [6.07, 6.45) is -0.217. The largest absolute Gasteiger partial charge is 0.482 e. The Morgan fingerprint density at radius 2 is 1.61 bits per heavy atom. The van der Waals surface area contributed by atoms with Gasteiger partial charge < -0.3 is 19.5 Å². The lowest BCUT2D eigenvalue weighted by atomic mass is 10.2. The van der Waals surface area contributed by atoms with Crippen LogP contribution in [0.1, 0.15) is 24.2 Å². The van der Waals surface area contributed by atoms with Gasteiger partial charge in [-0.05, 0) is 62.4 Å². The third-order valence-electron chi connectivity index (χ3n) is 3.28. The molecule has 0 aliphatic rings. The van der Waals surface area contributed by atoms with E-state index in [4.69, 9.17) is 25.8 Å². The van der Waals surface area contributed by atoms with Crippen LogP contribution in [-0.4, -0.2) is 37.2 Å². The van der Waals surface area contributed by atoms with E-state index in [0.717, 1.165) is 0 Å². The molecule has 28 heavy (non-hydrogen) atoms. The van der Waals surface area contributed by atoms with Gasteiger partial charge in [0.1, 0.15) is 5.75 Å². The molecular weight excluding hydrogens is 386 g/mol. The molecule has 148 valence electrons. The Labute approximate surface area is 167 Å². The van der Waals surface area contributed by atoms with Crippen molar-refractivity contribution in [1.29, 1.82) is 0 Å². The van der Waals surface area contributed by atoms with Gasteiger partial charge in [0, 0.05) is 10.7 Å². The zero-order chi connectivity index (χ0) is 20.5. The van der Waals surface area contributed by atoms with Gasteiger partial charge in [-0.15, -0.1) is 0 Å². The summed E-state index contributed by atoms with van der Waals surface area (Å²) < 4.78 is 15.2. The molecule has 2 rings (SSSR count). The summed E-state index contributed by atoms with van der Waals surface area (Å²) in [6.45, 7) is 2.73. The Morgan fingerprint density at radius 1 is 0.964 bits per heavy atom. The van der Waals surface area contributed by atoms with Crippen LogP contribution in [0.4, 0.5) is 5.69 Å². The zero-order valence-corrected chi connectivity index (χ0v) is 16.2. The molecule has 0 bridgehead atoms. The number of nitrogens with one attached hydrogen (secondary N) is 1. The van der Waals surface area contributed by atoms with Gasteiger partial charge in [0.05, 0.1) is 11.7 Å². The highest BCUT2D eigenvalue weighted by Crippen LogP contribution is 2.15. The lowest BCUT2D eigenvalue weighted by Gasteiger charge is -2.09. The van der Waals surface area contributed by atoms with Crippen molar-refractivity contribution >= 4 is 35.1 Å². The second-order valence-corrected chi connectivity index (χ2v) is 6.42. The van der Waals surface area contributed by atoms with Gasteiger partial charge in [-0.1, -0.05) is 11.6 Å². The van der Waals surface area contributed by atoms with Crippen molar-refractivity contribution in [3.8, 4) is 5.75 Å². The number of ether oxygens (including phenoxy) is 3. The monoisotopic (exact) mass is 405 g/mol. The third kappa shape index (κ3) is 7.28. The standard InChI is InChI=1S/C20H20ClNO6/c1-13(2)28-20(25)14-3-7-16(8-4-14)22-18(23)11-27-19(24)12-26-17-9-5-15(21)6-10-17/h3-10,13H,11-12H2,1-2H3,(H,22,23). The molecule has 0 saturated carbocycles. The van der Waals surface area contributed by atoms with E-state index in [-0.39, 0.29) is 12.7 Å². The molecular formula is C20H20ClNO6. The fourth-order valence-corrected chi connectivity index (χ4v) is 2.16. The molecule has 0 spiro atoms. The van der Waals surface area contributed by atoms with Crippen molar-refractivity contribution in [2.24, 2.45) is 0 Å². The molecule has 0 fully saturated rings. The van der Waals surface area contributed by atoms with E-state index in [2.05, 4.69) is 5.32 Å². The molecule has 0 aliphatic carbocycles. The molecule has 0 unspecified atom stereocenters. The van der Waals surface area contributed by atoms with E-state index in [9.17, 15) is 14.4 Å². The maximum atomic E-state index is 11.9. The summed E-state index contributed by atoms with van der Waals surface area (Å²) in [5.74, 6) is -1.18. The van der Waals surface area contributed by atoms with E-state index in [0.29, 0.717) is 22.0 Å². The quantitative estimate of drug-likeness (QED) is 0.676. The SMILES string of the molecule is CC(C)OC(=O)c1ccc(NC(=O)COC(=O)COc2ccc(Cl)cc2)cc1. The minimum atomic E-state index is -0.683. The number of benzene rings is 2. The number of amides is 1. The normalized spacial score (nSPS) is 10.3. The first-order valence-corrected chi connectivity index (χ1v) is 8.86. The molecule has 1 amide bonds. The van der Waals surface area contributed by atoms with E-state index >= 15 is 0 Å². The smallest absolute Gasteiger partial charge is 0.344 e. The molecule has 0 radical (unpaired) electrons. The Morgan fingerprint density at radius 3 is 2.21 bits per heavy atom. The third-order valence-corrected chi connectivity index (χ3v) is 3.53. The van der Waals surface area contributed by atoms with Gasteiger partial charge in [-0.2, -0.15) is 0 Å². The van der Waals surface area contributed by atoms with Crippen LogP contribution in [-0.2, 0) is 19.1 Å². The first kappa shape index (κ1) is 21.2. The van der Waals surface area contributed by atoms with E-state index in [1.165, 1.54) is 12.1 Å².